The number of nitrogens with zero attached hydrogens (tertiary/aromatic N) is 2. The van der Waals surface area contributed by atoms with Crippen LogP contribution in [0.25, 0.3) is 11.4 Å². The first kappa shape index (κ1) is 11.2. The number of aliphatic carboxylic acids is 1. The van der Waals surface area contributed by atoms with Gasteiger partial charge in [0.15, 0.2) is 0 Å². The number of rotatable bonds is 4. The molecular weight excluding hydrogens is 220 g/mol. The highest BCUT2D eigenvalue weighted by Gasteiger charge is 2.12. The van der Waals surface area contributed by atoms with Gasteiger partial charge in [0.05, 0.1) is 12.7 Å². The highest BCUT2D eigenvalue weighted by atomic mass is 16.5. The smallest absolute Gasteiger partial charge is 0.323 e. The van der Waals surface area contributed by atoms with E-state index < -0.39 is 5.97 Å². The van der Waals surface area contributed by atoms with Gasteiger partial charge in [0.1, 0.15) is 18.1 Å². The topological polar surface area (TPSA) is 64.4 Å². The van der Waals surface area contributed by atoms with Gasteiger partial charge in [-0.3, -0.25) is 4.79 Å². The predicted octanol–water partition coefficient (Wildman–Crippen LogP) is 1.64. The Hall–Kier alpha value is -2.30. The van der Waals surface area contributed by atoms with Crippen molar-refractivity contribution in [3.05, 3.63) is 36.7 Å². The lowest BCUT2D eigenvalue weighted by atomic mass is 10.2. The van der Waals surface area contributed by atoms with Crippen LogP contribution in [0.3, 0.4) is 0 Å². The lowest BCUT2D eigenvalue weighted by Crippen LogP contribution is -2.09. The van der Waals surface area contributed by atoms with Crippen LogP contribution in [0.2, 0.25) is 0 Å². The van der Waals surface area contributed by atoms with Gasteiger partial charge in [-0.15, -0.1) is 0 Å². The Morgan fingerprint density at radius 2 is 2.24 bits per heavy atom. The monoisotopic (exact) mass is 232 g/mol. The van der Waals surface area contributed by atoms with Gasteiger partial charge >= 0.3 is 5.97 Å². The first-order chi connectivity index (χ1) is 8.22. The van der Waals surface area contributed by atoms with Gasteiger partial charge in [0.2, 0.25) is 0 Å². The maximum atomic E-state index is 10.7. The highest BCUT2D eigenvalue weighted by molar-refractivity contribution is 5.69. The molecule has 1 heterocycles. The lowest BCUT2D eigenvalue weighted by Gasteiger charge is -2.09. The zero-order valence-electron chi connectivity index (χ0n) is 9.33. The van der Waals surface area contributed by atoms with Crippen molar-refractivity contribution in [2.24, 2.45) is 0 Å². The number of ether oxygens (including phenoxy) is 1. The van der Waals surface area contributed by atoms with E-state index in [0.717, 1.165) is 5.56 Å². The minimum Gasteiger partial charge on any atom is -0.496 e. The van der Waals surface area contributed by atoms with Crippen LogP contribution in [0.1, 0.15) is 0 Å². The minimum atomic E-state index is -0.904. The summed E-state index contributed by atoms with van der Waals surface area (Å²) in [6.45, 7) is -0.118. The summed E-state index contributed by atoms with van der Waals surface area (Å²) in [4.78, 5) is 14.9. The minimum absolute atomic E-state index is 0.118. The van der Waals surface area contributed by atoms with Crippen molar-refractivity contribution in [3.63, 3.8) is 0 Å². The molecule has 5 nitrogen and oxygen atoms in total. The normalized spacial score (nSPS) is 10.2. The first-order valence-corrected chi connectivity index (χ1v) is 5.08. The van der Waals surface area contributed by atoms with Gasteiger partial charge in [0.25, 0.3) is 0 Å². The van der Waals surface area contributed by atoms with Crippen molar-refractivity contribution in [3.8, 4) is 17.1 Å². The van der Waals surface area contributed by atoms with E-state index in [1.165, 1.54) is 0 Å². The van der Waals surface area contributed by atoms with Crippen molar-refractivity contribution in [2.75, 3.05) is 7.11 Å². The quantitative estimate of drug-likeness (QED) is 0.870. The molecule has 17 heavy (non-hydrogen) atoms. The van der Waals surface area contributed by atoms with Gasteiger partial charge in [-0.05, 0) is 12.1 Å². The largest absolute Gasteiger partial charge is 0.496 e. The molecule has 0 saturated carbocycles. The molecule has 0 atom stereocenters. The number of hydrogen-bond acceptors (Lipinski definition) is 3. The van der Waals surface area contributed by atoms with Crippen molar-refractivity contribution in [1.82, 2.24) is 9.55 Å². The summed E-state index contributed by atoms with van der Waals surface area (Å²) in [5.41, 5.74) is 0.779. The summed E-state index contributed by atoms with van der Waals surface area (Å²) in [5, 5.41) is 8.80. The molecule has 5 heteroatoms. The third-order valence-electron chi connectivity index (χ3n) is 2.37. The van der Waals surface area contributed by atoms with Crippen LogP contribution in [0.15, 0.2) is 36.7 Å². The Morgan fingerprint density at radius 3 is 2.94 bits per heavy atom. The number of hydrogen-bond donors (Lipinski definition) is 1. The fourth-order valence-corrected chi connectivity index (χ4v) is 1.66. The Morgan fingerprint density at radius 1 is 1.47 bits per heavy atom. The van der Waals surface area contributed by atoms with E-state index >= 15 is 0 Å². The van der Waals surface area contributed by atoms with E-state index in [-0.39, 0.29) is 6.54 Å². The van der Waals surface area contributed by atoms with Crippen LogP contribution in [-0.4, -0.2) is 27.7 Å². The fraction of sp³-hybridized carbons (Fsp3) is 0.167. The van der Waals surface area contributed by atoms with Gasteiger partial charge < -0.3 is 14.4 Å². The van der Waals surface area contributed by atoms with Crippen molar-refractivity contribution >= 4 is 5.97 Å². The molecule has 0 radical (unpaired) electrons. The second-order valence-electron chi connectivity index (χ2n) is 3.47. The average molecular weight is 232 g/mol. The van der Waals surface area contributed by atoms with Crippen LogP contribution in [0.4, 0.5) is 0 Å². The van der Waals surface area contributed by atoms with Gasteiger partial charge in [-0.1, -0.05) is 12.1 Å². The maximum Gasteiger partial charge on any atom is 0.323 e. The van der Waals surface area contributed by atoms with E-state index in [1.54, 1.807) is 24.1 Å². The SMILES string of the molecule is COc1ccccc1-c1nccn1CC(=O)O. The Kier molecular flexibility index (Phi) is 3.09. The number of imidazole rings is 1. The zero-order valence-corrected chi connectivity index (χ0v) is 9.33. The van der Waals surface area contributed by atoms with Crippen molar-refractivity contribution in [1.29, 1.82) is 0 Å². The fourth-order valence-electron chi connectivity index (χ4n) is 1.66. The van der Waals surface area contributed by atoms with Crippen molar-refractivity contribution in [2.45, 2.75) is 6.54 Å². The Balaban J connectivity index is 2.46. The first-order valence-electron chi connectivity index (χ1n) is 5.08. The zero-order chi connectivity index (χ0) is 12.3. The van der Waals surface area contributed by atoms with Crippen molar-refractivity contribution < 1.29 is 14.6 Å². The number of para-hydroxylation sites is 1. The van der Waals surface area contributed by atoms with E-state index in [1.807, 2.05) is 24.3 Å². The molecule has 0 spiro atoms. The van der Waals surface area contributed by atoms with Crippen LogP contribution < -0.4 is 4.74 Å². The second-order valence-corrected chi connectivity index (χ2v) is 3.47. The van der Waals surface area contributed by atoms with E-state index in [4.69, 9.17) is 9.84 Å². The van der Waals surface area contributed by atoms with Crippen LogP contribution in [0.5, 0.6) is 5.75 Å². The molecule has 0 aliphatic heterocycles. The average Bonchev–Trinajstić information content (AvgIpc) is 2.76. The van der Waals surface area contributed by atoms with E-state index in [0.29, 0.717) is 11.6 Å². The molecular formula is C12H12N2O3. The maximum absolute atomic E-state index is 10.7. The molecule has 1 N–H and O–H groups in total. The Bertz CT molecular complexity index is 534. The summed E-state index contributed by atoms with van der Waals surface area (Å²) in [6, 6.07) is 7.37. The van der Waals surface area contributed by atoms with E-state index in [2.05, 4.69) is 4.98 Å². The molecule has 0 aliphatic carbocycles. The van der Waals surface area contributed by atoms with Gasteiger partial charge in [-0.2, -0.15) is 0 Å². The highest BCUT2D eigenvalue weighted by Crippen LogP contribution is 2.27. The number of carboxylic acids is 1. The van der Waals surface area contributed by atoms with E-state index in [9.17, 15) is 4.79 Å². The molecule has 0 bridgehead atoms. The van der Waals surface area contributed by atoms with Gasteiger partial charge in [0, 0.05) is 12.4 Å². The summed E-state index contributed by atoms with van der Waals surface area (Å²) in [5.74, 6) is 0.356. The molecule has 2 rings (SSSR count). The molecule has 0 fully saturated rings. The summed E-state index contributed by atoms with van der Waals surface area (Å²) >= 11 is 0. The molecule has 0 aliphatic rings. The summed E-state index contributed by atoms with van der Waals surface area (Å²) in [7, 11) is 1.57. The third kappa shape index (κ3) is 2.28. The third-order valence-corrected chi connectivity index (χ3v) is 2.37. The summed E-state index contributed by atoms with van der Waals surface area (Å²) in [6.07, 6.45) is 3.21. The molecule has 1 aromatic heterocycles. The Labute approximate surface area is 98.3 Å². The number of benzene rings is 1. The molecule has 88 valence electrons. The standard InChI is InChI=1S/C12H12N2O3/c1-17-10-5-3-2-4-9(10)12-13-6-7-14(12)8-11(15)16/h2-7H,8H2,1H3,(H,15,16). The second kappa shape index (κ2) is 4.69. The van der Waals surface area contributed by atoms with Gasteiger partial charge in [-0.25, -0.2) is 4.98 Å². The molecule has 0 amide bonds. The number of carboxylic acid groups (broad SMARTS) is 1. The number of methoxy groups -OCH3 is 1. The predicted molar refractivity (Wildman–Crippen MR) is 61.9 cm³/mol. The molecule has 0 saturated heterocycles. The van der Waals surface area contributed by atoms with Crippen LogP contribution in [-0.2, 0) is 11.3 Å². The molecule has 0 unspecified atom stereocenters. The molecule has 1 aromatic carbocycles. The lowest BCUT2D eigenvalue weighted by molar-refractivity contribution is -0.137. The molecule has 2 aromatic rings. The number of aromatic nitrogens is 2. The number of carbonyl (C=O) groups is 1. The van der Waals surface area contributed by atoms with Crippen LogP contribution in [0, 0.1) is 0 Å². The van der Waals surface area contributed by atoms with Crippen LogP contribution >= 0.6 is 0 Å². The summed E-state index contributed by atoms with van der Waals surface area (Å²) < 4.78 is 6.80.